The highest BCUT2D eigenvalue weighted by molar-refractivity contribution is 6.13. The fourth-order valence-corrected chi connectivity index (χ4v) is 1.05. The number of phenols is 1. The molecule has 3 N–H and O–H groups in total. The Labute approximate surface area is 85.6 Å². The molecule has 0 saturated carbocycles. The fourth-order valence-electron chi connectivity index (χ4n) is 0.918. The summed E-state index contributed by atoms with van der Waals surface area (Å²) in [7, 11) is 0. The maximum absolute atomic E-state index is 10.5. The minimum atomic E-state index is -1.17. The molecule has 14 heavy (non-hydrogen) atoms. The van der Waals surface area contributed by atoms with Crippen molar-refractivity contribution in [1.29, 1.82) is 0 Å². The van der Waals surface area contributed by atoms with Crippen LogP contribution in [0.25, 0.3) is 0 Å². The number of halogens is 1. The average molecular weight is 217 g/mol. The van der Waals surface area contributed by atoms with Crippen molar-refractivity contribution in [3.63, 3.8) is 0 Å². The summed E-state index contributed by atoms with van der Waals surface area (Å²) in [6, 6.07) is 6.17. The van der Waals surface area contributed by atoms with Gasteiger partial charge in [-0.1, -0.05) is 12.1 Å². The molecule has 0 fully saturated rings. The highest BCUT2D eigenvalue weighted by Gasteiger charge is 2.10. The van der Waals surface area contributed by atoms with Crippen molar-refractivity contribution in [1.82, 2.24) is 9.95 Å². The third-order valence-electron chi connectivity index (χ3n) is 1.61. The lowest BCUT2D eigenvalue weighted by molar-refractivity contribution is 0.133. The van der Waals surface area contributed by atoms with E-state index in [1.165, 1.54) is 12.1 Å². The molecule has 0 atom stereocenters. The first-order valence-electron chi connectivity index (χ1n) is 3.78. The number of carbonyl (C=O) groups is 1. The number of hydrogen-bond acceptors (Lipinski definition) is 3. The molecular formula is C8H9ClN2O3. The van der Waals surface area contributed by atoms with Gasteiger partial charge in [-0.15, -0.1) is 4.94 Å². The molecule has 0 bridgehead atoms. The first-order valence-corrected chi connectivity index (χ1v) is 4.16. The maximum atomic E-state index is 10.5. The van der Waals surface area contributed by atoms with Gasteiger partial charge in [-0.3, -0.25) is 0 Å². The van der Waals surface area contributed by atoms with Crippen LogP contribution in [-0.4, -0.2) is 21.3 Å². The van der Waals surface area contributed by atoms with Crippen molar-refractivity contribution in [2.75, 3.05) is 0 Å². The number of nitrogens with zero attached hydrogens (tertiary/aromatic N) is 1. The van der Waals surface area contributed by atoms with Gasteiger partial charge in [0, 0.05) is 0 Å². The molecule has 5 nitrogen and oxygen atoms in total. The molecule has 76 valence electrons. The maximum Gasteiger partial charge on any atom is 0.423 e. The molecule has 0 aliphatic carbocycles. The molecule has 0 radical (unpaired) electrons. The third-order valence-corrected chi connectivity index (χ3v) is 1.81. The lowest BCUT2D eigenvalue weighted by atomic mass is 10.2. The summed E-state index contributed by atoms with van der Waals surface area (Å²) in [6.07, 6.45) is -1.17. The summed E-state index contributed by atoms with van der Waals surface area (Å²) >= 11 is 5.19. The van der Waals surface area contributed by atoms with E-state index in [0.717, 1.165) is 10.6 Å². The molecule has 1 rings (SSSR count). The second-order valence-electron chi connectivity index (χ2n) is 2.62. The van der Waals surface area contributed by atoms with E-state index >= 15 is 0 Å². The molecule has 1 amide bonds. The van der Waals surface area contributed by atoms with Crippen LogP contribution in [0.15, 0.2) is 24.3 Å². The highest BCUT2D eigenvalue weighted by Crippen LogP contribution is 2.11. The van der Waals surface area contributed by atoms with Gasteiger partial charge in [0.25, 0.3) is 0 Å². The quantitative estimate of drug-likeness (QED) is 0.529. The first kappa shape index (κ1) is 10.6. The fraction of sp³-hybridized carbons (Fsp3) is 0.125. The lowest BCUT2D eigenvalue weighted by Crippen LogP contribution is -2.35. The van der Waals surface area contributed by atoms with Crippen molar-refractivity contribution in [3.8, 4) is 5.75 Å². The highest BCUT2D eigenvalue weighted by atomic mass is 35.5. The van der Waals surface area contributed by atoms with E-state index in [1.807, 2.05) is 4.94 Å². The van der Waals surface area contributed by atoms with Gasteiger partial charge < -0.3 is 10.2 Å². The summed E-state index contributed by atoms with van der Waals surface area (Å²) in [5.74, 6) is 0.134. The van der Waals surface area contributed by atoms with Crippen molar-refractivity contribution in [2.24, 2.45) is 0 Å². The standard InChI is InChI=1S/C8H9ClN2O3/c9-10-11(8(13)14)5-6-1-3-7(12)4-2-6/h1-4,10,12H,5H2,(H,13,14). The molecule has 0 aromatic heterocycles. The summed E-state index contributed by atoms with van der Waals surface area (Å²) in [4.78, 5) is 12.5. The van der Waals surface area contributed by atoms with E-state index in [-0.39, 0.29) is 12.3 Å². The average Bonchev–Trinajstić information content (AvgIpc) is 2.16. The van der Waals surface area contributed by atoms with Crippen LogP contribution in [0.3, 0.4) is 0 Å². The van der Waals surface area contributed by atoms with Crippen molar-refractivity contribution in [3.05, 3.63) is 29.8 Å². The van der Waals surface area contributed by atoms with E-state index in [9.17, 15) is 4.79 Å². The van der Waals surface area contributed by atoms with Gasteiger partial charge in [0.05, 0.1) is 6.54 Å². The van der Waals surface area contributed by atoms with Crippen molar-refractivity contribution in [2.45, 2.75) is 6.54 Å². The molecule has 6 heteroatoms. The van der Waals surface area contributed by atoms with Gasteiger partial charge >= 0.3 is 6.09 Å². The van der Waals surface area contributed by atoms with E-state index in [0.29, 0.717) is 0 Å². The van der Waals surface area contributed by atoms with E-state index in [1.54, 1.807) is 12.1 Å². The summed E-state index contributed by atoms with van der Waals surface area (Å²) in [5, 5.41) is 18.4. The molecule has 0 spiro atoms. The molecule has 1 aromatic rings. The zero-order valence-electron chi connectivity index (χ0n) is 7.14. The van der Waals surface area contributed by atoms with Crippen LogP contribution >= 0.6 is 11.8 Å². The van der Waals surface area contributed by atoms with Crippen LogP contribution in [0, 0.1) is 0 Å². The van der Waals surface area contributed by atoms with Gasteiger partial charge in [-0.05, 0) is 29.5 Å². The van der Waals surface area contributed by atoms with Crippen molar-refractivity contribution < 1.29 is 15.0 Å². The molecule has 0 unspecified atom stereocenters. The van der Waals surface area contributed by atoms with Gasteiger partial charge in [0.15, 0.2) is 0 Å². The molecule has 0 saturated heterocycles. The normalized spacial score (nSPS) is 9.79. The number of amides is 1. The molecule has 0 aliphatic heterocycles. The van der Waals surface area contributed by atoms with Crippen LogP contribution in [0.2, 0.25) is 0 Å². The molecule has 0 heterocycles. The minimum absolute atomic E-state index is 0.110. The Bertz CT molecular complexity index is 315. The number of nitrogens with one attached hydrogen (secondary N) is 1. The van der Waals surface area contributed by atoms with Crippen LogP contribution in [0.5, 0.6) is 5.75 Å². The lowest BCUT2D eigenvalue weighted by Gasteiger charge is -2.15. The van der Waals surface area contributed by atoms with E-state index < -0.39 is 6.09 Å². The van der Waals surface area contributed by atoms with Gasteiger partial charge in [0.2, 0.25) is 0 Å². The van der Waals surface area contributed by atoms with Gasteiger partial charge in [0.1, 0.15) is 5.75 Å². The smallest absolute Gasteiger partial charge is 0.423 e. The van der Waals surface area contributed by atoms with E-state index in [2.05, 4.69) is 0 Å². The van der Waals surface area contributed by atoms with Crippen LogP contribution in [-0.2, 0) is 6.54 Å². The SMILES string of the molecule is O=C(O)N(Cc1ccc(O)cc1)NCl. The van der Waals surface area contributed by atoms with Crippen LogP contribution < -0.4 is 4.94 Å². The number of carboxylic acid groups (broad SMARTS) is 1. The monoisotopic (exact) mass is 216 g/mol. The van der Waals surface area contributed by atoms with Crippen LogP contribution in [0.1, 0.15) is 5.56 Å². The van der Waals surface area contributed by atoms with Gasteiger partial charge in [-0.25, -0.2) is 9.80 Å². The number of hydrogen-bond donors (Lipinski definition) is 3. The number of phenolic OH excluding ortho intramolecular Hbond substituents is 1. The Hall–Kier alpha value is -1.46. The predicted octanol–water partition coefficient (Wildman–Crippen LogP) is 1.53. The third kappa shape index (κ3) is 2.79. The second kappa shape index (κ2) is 4.69. The topological polar surface area (TPSA) is 72.8 Å². The van der Waals surface area contributed by atoms with Crippen LogP contribution in [0.4, 0.5) is 4.79 Å². The zero-order valence-corrected chi connectivity index (χ0v) is 7.90. The Balaban J connectivity index is 2.67. The summed E-state index contributed by atoms with van der Waals surface area (Å²) < 4.78 is 0. The zero-order chi connectivity index (χ0) is 10.6. The Morgan fingerprint density at radius 2 is 2.00 bits per heavy atom. The Morgan fingerprint density at radius 3 is 2.43 bits per heavy atom. The Kier molecular flexibility index (Phi) is 3.55. The molecule has 1 aromatic carbocycles. The summed E-state index contributed by atoms with van der Waals surface area (Å²) in [5.41, 5.74) is 0.721. The van der Waals surface area contributed by atoms with Gasteiger partial charge in [-0.2, -0.15) is 0 Å². The largest absolute Gasteiger partial charge is 0.508 e. The van der Waals surface area contributed by atoms with E-state index in [4.69, 9.17) is 22.0 Å². The summed E-state index contributed by atoms with van der Waals surface area (Å²) in [6.45, 7) is 0.110. The number of rotatable bonds is 3. The second-order valence-corrected chi connectivity index (χ2v) is 2.79. The number of hydrazine groups is 1. The molecular weight excluding hydrogens is 208 g/mol. The minimum Gasteiger partial charge on any atom is -0.508 e. The molecule has 0 aliphatic rings. The van der Waals surface area contributed by atoms with Crippen molar-refractivity contribution >= 4 is 17.9 Å². The number of aromatic hydroxyl groups is 1. The first-order chi connectivity index (χ1) is 6.63. The predicted molar refractivity (Wildman–Crippen MR) is 50.7 cm³/mol. The number of benzene rings is 1. The Morgan fingerprint density at radius 1 is 1.43 bits per heavy atom.